The van der Waals surface area contributed by atoms with Gasteiger partial charge < -0.3 is 5.32 Å². The first-order valence-corrected chi connectivity index (χ1v) is 10.0. The normalized spacial score (nSPS) is 11.2. The van der Waals surface area contributed by atoms with E-state index in [1.807, 2.05) is 38.1 Å². The smallest absolute Gasteiger partial charge is 0.232 e. The van der Waals surface area contributed by atoms with Crippen LogP contribution in [0, 0.1) is 13.8 Å². The zero-order valence-corrected chi connectivity index (χ0v) is 15.6. The number of hydrogen-bond donors (Lipinski definition) is 1. The predicted molar refractivity (Wildman–Crippen MR) is 102 cm³/mol. The third kappa shape index (κ3) is 5.90. The van der Waals surface area contributed by atoms with E-state index in [1.165, 1.54) is 10.6 Å². The number of aryl methyl sites for hydroxylation is 2. The molecule has 0 unspecified atom stereocenters. The maximum absolute atomic E-state index is 12.1. The van der Waals surface area contributed by atoms with Crippen LogP contribution in [0.3, 0.4) is 0 Å². The lowest BCUT2D eigenvalue weighted by molar-refractivity contribution is -0.116. The second-order valence-electron chi connectivity index (χ2n) is 6.20. The Bertz CT molecular complexity index is 813. The Morgan fingerprint density at radius 3 is 2.20 bits per heavy atom. The first-order valence-electron chi connectivity index (χ1n) is 8.16. The van der Waals surface area contributed by atoms with Gasteiger partial charge in [-0.1, -0.05) is 24.3 Å². The van der Waals surface area contributed by atoms with E-state index in [1.54, 1.807) is 24.3 Å². The van der Waals surface area contributed by atoms with Gasteiger partial charge in [-0.15, -0.1) is 0 Å². The maximum atomic E-state index is 12.1. The number of benzene rings is 2. The minimum absolute atomic E-state index is 0.119. The fourth-order valence-electron chi connectivity index (χ4n) is 2.73. The van der Waals surface area contributed by atoms with Crippen molar-refractivity contribution >= 4 is 27.3 Å². The summed E-state index contributed by atoms with van der Waals surface area (Å²) in [5.41, 5.74) is 3.55. The van der Waals surface area contributed by atoms with Crippen LogP contribution in [0.4, 0.5) is 11.4 Å². The Morgan fingerprint density at radius 1 is 1.04 bits per heavy atom. The number of sulfonamides is 1. The average molecular weight is 360 g/mol. The fraction of sp³-hybridized carbons (Fsp3) is 0.316. The van der Waals surface area contributed by atoms with Gasteiger partial charge in [-0.3, -0.25) is 9.10 Å². The largest absolute Gasteiger partial charge is 0.326 e. The summed E-state index contributed by atoms with van der Waals surface area (Å²) >= 11 is 0. The highest BCUT2D eigenvalue weighted by atomic mass is 32.2. The molecule has 2 aromatic carbocycles. The van der Waals surface area contributed by atoms with Crippen LogP contribution in [0.25, 0.3) is 0 Å². The summed E-state index contributed by atoms with van der Waals surface area (Å²) in [5.74, 6) is -0.119. The van der Waals surface area contributed by atoms with Crippen molar-refractivity contribution in [3.63, 3.8) is 0 Å². The molecule has 0 bridgehead atoms. The Morgan fingerprint density at radius 2 is 1.64 bits per heavy atom. The molecule has 0 fully saturated rings. The molecule has 0 aromatic heterocycles. The van der Waals surface area contributed by atoms with Crippen molar-refractivity contribution < 1.29 is 13.2 Å². The van der Waals surface area contributed by atoms with E-state index in [-0.39, 0.29) is 18.9 Å². The van der Waals surface area contributed by atoms with Crippen LogP contribution < -0.4 is 9.62 Å². The molecule has 5 nitrogen and oxygen atoms in total. The molecule has 0 saturated carbocycles. The molecule has 0 aliphatic heterocycles. The minimum atomic E-state index is -3.38. The SMILES string of the molecule is Cc1cc(C)cc(NC(=O)CCCN(c2ccccc2)S(C)(=O)=O)c1. The molecular formula is C19H24N2O3S. The topological polar surface area (TPSA) is 66.5 Å². The maximum Gasteiger partial charge on any atom is 0.232 e. The summed E-state index contributed by atoms with van der Waals surface area (Å²) in [6.45, 7) is 4.22. The molecule has 1 N–H and O–H groups in total. The number of rotatable bonds is 7. The number of carbonyl (C=O) groups excluding carboxylic acids is 1. The summed E-state index contributed by atoms with van der Waals surface area (Å²) < 4.78 is 25.3. The summed E-state index contributed by atoms with van der Waals surface area (Å²) in [7, 11) is -3.38. The quantitative estimate of drug-likeness (QED) is 0.822. The molecule has 6 heteroatoms. The van der Waals surface area contributed by atoms with Crippen LogP contribution in [0.1, 0.15) is 24.0 Å². The Labute approximate surface area is 149 Å². The third-order valence-corrected chi connectivity index (χ3v) is 4.91. The molecule has 25 heavy (non-hydrogen) atoms. The van der Waals surface area contributed by atoms with Gasteiger partial charge in [-0.25, -0.2) is 8.42 Å². The van der Waals surface area contributed by atoms with Crippen molar-refractivity contribution in [1.29, 1.82) is 0 Å². The van der Waals surface area contributed by atoms with E-state index in [0.717, 1.165) is 16.8 Å². The second-order valence-corrected chi connectivity index (χ2v) is 8.11. The standard InChI is InChI=1S/C19H24N2O3S/c1-15-12-16(2)14-17(13-15)20-19(22)10-7-11-21(25(3,23)24)18-8-5-4-6-9-18/h4-6,8-9,12-14H,7,10-11H2,1-3H3,(H,20,22). The van der Waals surface area contributed by atoms with Crippen molar-refractivity contribution in [2.75, 3.05) is 22.4 Å². The number of nitrogens with one attached hydrogen (secondary N) is 1. The molecule has 0 saturated heterocycles. The molecule has 0 radical (unpaired) electrons. The van der Waals surface area contributed by atoms with Crippen molar-refractivity contribution in [2.24, 2.45) is 0 Å². The lowest BCUT2D eigenvalue weighted by atomic mass is 10.1. The second kappa shape index (κ2) is 8.16. The van der Waals surface area contributed by atoms with Crippen molar-refractivity contribution in [2.45, 2.75) is 26.7 Å². The van der Waals surface area contributed by atoms with Crippen molar-refractivity contribution in [3.05, 3.63) is 59.7 Å². The van der Waals surface area contributed by atoms with Gasteiger partial charge in [-0.2, -0.15) is 0 Å². The summed E-state index contributed by atoms with van der Waals surface area (Å²) in [6.07, 6.45) is 1.88. The van der Waals surface area contributed by atoms with E-state index in [2.05, 4.69) is 5.32 Å². The molecule has 0 heterocycles. The molecule has 0 aliphatic rings. The highest BCUT2D eigenvalue weighted by molar-refractivity contribution is 7.92. The monoisotopic (exact) mass is 360 g/mol. The molecule has 2 rings (SSSR count). The minimum Gasteiger partial charge on any atom is -0.326 e. The van der Waals surface area contributed by atoms with E-state index < -0.39 is 10.0 Å². The van der Waals surface area contributed by atoms with Crippen LogP contribution in [0.5, 0.6) is 0 Å². The number of nitrogens with zero attached hydrogens (tertiary/aromatic N) is 1. The van der Waals surface area contributed by atoms with E-state index >= 15 is 0 Å². The van der Waals surface area contributed by atoms with Crippen LogP contribution in [0.2, 0.25) is 0 Å². The van der Waals surface area contributed by atoms with Gasteiger partial charge in [0.25, 0.3) is 0 Å². The zero-order valence-electron chi connectivity index (χ0n) is 14.8. The molecule has 0 atom stereocenters. The number of para-hydroxylation sites is 1. The fourth-order valence-corrected chi connectivity index (χ4v) is 3.70. The number of amides is 1. The lowest BCUT2D eigenvalue weighted by Gasteiger charge is -2.22. The first kappa shape index (κ1) is 19.0. The first-order chi connectivity index (χ1) is 11.8. The number of hydrogen-bond acceptors (Lipinski definition) is 3. The molecule has 134 valence electrons. The highest BCUT2D eigenvalue weighted by Gasteiger charge is 2.17. The predicted octanol–water partition coefficient (Wildman–Crippen LogP) is 3.49. The summed E-state index contributed by atoms with van der Waals surface area (Å²) in [5, 5.41) is 2.87. The number of anilines is 2. The van der Waals surface area contributed by atoms with Crippen molar-refractivity contribution in [1.82, 2.24) is 0 Å². The van der Waals surface area contributed by atoms with Gasteiger partial charge in [0, 0.05) is 18.7 Å². The molecule has 2 aromatic rings. The van der Waals surface area contributed by atoms with Gasteiger partial charge in [-0.05, 0) is 55.7 Å². The highest BCUT2D eigenvalue weighted by Crippen LogP contribution is 2.18. The Balaban J connectivity index is 1.94. The third-order valence-electron chi connectivity index (χ3n) is 3.71. The molecule has 1 amide bonds. The van der Waals surface area contributed by atoms with Gasteiger partial charge in [0.05, 0.1) is 11.9 Å². The molecular weight excluding hydrogens is 336 g/mol. The molecule has 0 aliphatic carbocycles. The zero-order chi connectivity index (χ0) is 18.4. The number of carbonyl (C=O) groups is 1. The van der Waals surface area contributed by atoms with Crippen LogP contribution >= 0.6 is 0 Å². The van der Waals surface area contributed by atoms with E-state index in [9.17, 15) is 13.2 Å². The van der Waals surface area contributed by atoms with Gasteiger partial charge in [0.1, 0.15) is 0 Å². The van der Waals surface area contributed by atoms with Gasteiger partial charge in [0.2, 0.25) is 15.9 Å². The lowest BCUT2D eigenvalue weighted by Crippen LogP contribution is -2.31. The summed E-state index contributed by atoms with van der Waals surface area (Å²) in [6, 6.07) is 14.8. The molecule has 0 spiro atoms. The average Bonchev–Trinajstić information content (AvgIpc) is 2.50. The van der Waals surface area contributed by atoms with Crippen LogP contribution in [-0.2, 0) is 14.8 Å². The Kier molecular flexibility index (Phi) is 6.20. The van der Waals surface area contributed by atoms with Crippen LogP contribution in [0.15, 0.2) is 48.5 Å². The summed E-state index contributed by atoms with van der Waals surface area (Å²) in [4.78, 5) is 12.1. The Hall–Kier alpha value is -2.34. The van der Waals surface area contributed by atoms with Crippen molar-refractivity contribution in [3.8, 4) is 0 Å². The van der Waals surface area contributed by atoms with Gasteiger partial charge in [0.15, 0.2) is 0 Å². The van der Waals surface area contributed by atoms with Gasteiger partial charge >= 0.3 is 0 Å². The van der Waals surface area contributed by atoms with Crippen LogP contribution in [-0.4, -0.2) is 27.1 Å². The van der Waals surface area contributed by atoms with E-state index in [4.69, 9.17) is 0 Å². The van der Waals surface area contributed by atoms with E-state index in [0.29, 0.717) is 12.1 Å².